The molecule has 2 aromatic rings. The van der Waals surface area contributed by atoms with Gasteiger partial charge in [0.1, 0.15) is 21.8 Å². The van der Waals surface area contributed by atoms with E-state index in [0.29, 0.717) is 27.9 Å². The lowest BCUT2D eigenvalue weighted by Crippen LogP contribution is -2.35. The normalized spacial score (nSPS) is 17.9. The first kappa shape index (κ1) is 24.2. The number of hydrogen-bond acceptors (Lipinski definition) is 6. The highest BCUT2D eigenvalue weighted by atomic mass is 32.2. The maximum Gasteiger partial charge on any atom is 0.270 e. The summed E-state index contributed by atoms with van der Waals surface area (Å²) in [7, 11) is 0. The van der Waals surface area contributed by atoms with Crippen molar-refractivity contribution in [2.75, 3.05) is 18.0 Å². The molecule has 0 N–H and O–H groups in total. The lowest BCUT2D eigenvalue weighted by atomic mass is 10.0. The van der Waals surface area contributed by atoms with Gasteiger partial charge in [-0.15, -0.1) is 0 Å². The summed E-state index contributed by atoms with van der Waals surface area (Å²) in [5, 5.41) is 9.75. The third-order valence-electron chi connectivity index (χ3n) is 6.40. The molecular weight excluding hydrogens is 464 g/mol. The Morgan fingerprint density at radius 1 is 1.12 bits per heavy atom. The quantitative estimate of drug-likeness (QED) is 0.440. The number of benzene rings is 1. The Balaban J connectivity index is 1.81. The van der Waals surface area contributed by atoms with Gasteiger partial charge in [-0.3, -0.25) is 19.1 Å². The van der Waals surface area contributed by atoms with Crippen molar-refractivity contribution in [1.82, 2.24) is 9.47 Å². The van der Waals surface area contributed by atoms with E-state index in [9.17, 15) is 14.9 Å². The van der Waals surface area contributed by atoms with Crippen molar-refractivity contribution in [2.45, 2.75) is 52.6 Å². The van der Waals surface area contributed by atoms with Gasteiger partial charge in [0.15, 0.2) is 0 Å². The van der Waals surface area contributed by atoms with E-state index in [2.05, 4.69) is 11.0 Å². The van der Waals surface area contributed by atoms with E-state index in [1.165, 1.54) is 11.8 Å². The highest BCUT2D eigenvalue weighted by Crippen LogP contribution is 2.37. The number of carbonyl (C=O) groups excluding carboxylic acids is 1. The van der Waals surface area contributed by atoms with E-state index in [0.717, 1.165) is 55.7 Å². The van der Waals surface area contributed by atoms with Crippen LogP contribution >= 0.6 is 24.0 Å². The summed E-state index contributed by atoms with van der Waals surface area (Å²) in [6, 6.07) is 11.9. The molecule has 8 heteroatoms. The molecular formula is C26H28N4O2S2. The molecule has 0 unspecified atom stereocenters. The SMILES string of the molecule is CCn1c(N2CCCCCC2)c(/C=C2\SC(=S)N(Cc3ccccc3)C2=O)c(C)c(C#N)c1=O. The lowest BCUT2D eigenvalue weighted by molar-refractivity contribution is -0.122. The fourth-order valence-electron chi connectivity index (χ4n) is 4.59. The van der Waals surface area contributed by atoms with Crippen molar-refractivity contribution in [1.29, 1.82) is 5.26 Å². The predicted molar refractivity (Wildman–Crippen MR) is 142 cm³/mol. The van der Waals surface area contributed by atoms with Crippen LogP contribution in [0.15, 0.2) is 40.0 Å². The topological polar surface area (TPSA) is 69.3 Å². The number of thioether (sulfide) groups is 1. The van der Waals surface area contributed by atoms with Crippen LogP contribution in [0, 0.1) is 18.3 Å². The summed E-state index contributed by atoms with van der Waals surface area (Å²) in [6.07, 6.45) is 6.27. The molecule has 176 valence electrons. The molecule has 2 fully saturated rings. The maximum absolute atomic E-state index is 13.4. The van der Waals surface area contributed by atoms with Gasteiger partial charge >= 0.3 is 0 Å². The molecule has 34 heavy (non-hydrogen) atoms. The third-order valence-corrected chi connectivity index (χ3v) is 7.78. The number of carbonyl (C=O) groups is 1. The van der Waals surface area contributed by atoms with Crippen LogP contribution in [0.25, 0.3) is 6.08 Å². The molecule has 1 amide bonds. The number of aromatic nitrogens is 1. The maximum atomic E-state index is 13.4. The second-order valence-corrected chi connectivity index (χ2v) is 10.2. The molecule has 3 heterocycles. The van der Waals surface area contributed by atoms with Crippen LogP contribution in [-0.2, 0) is 17.9 Å². The lowest BCUT2D eigenvalue weighted by Gasteiger charge is -2.29. The zero-order chi connectivity index (χ0) is 24.2. The summed E-state index contributed by atoms with van der Waals surface area (Å²) < 4.78 is 2.20. The number of thiocarbonyl (C=S) groups is 1. The predicted octanol–water partition coefficient (Wildman–Crippen LogP) is 4.83. The number of nitriles is 1. The molecule has 1 aromatic carbocycles. The summed E-state index contributed by atoms with van der Waals surface area (Å²) in [6.45, 7) is 6.29. The van der Waals surface area contributed by atoms with Gasteiger partial charge in [0.25, 0.3) is 11.5 Å². The van der Waals surface area contributed by atoms with E-state index in [1.807, 2.05) is 43.3 Å². The van der Waals surface area contributed by atoms with E-state index < -0.39 is 0 Å². The van der Waals surface area contributed by atoms with Gasteiger partial charge in [0.2, 0.25) is 0 Å². The molecule has 2 saturated heterocycles. The first-order valence-electron chi connectivity index (χ1n) is 11.7. The van der Waals surface area contributed by atoms with Crippen LogP contribution in [0.1, 0.15) is 54.9 Å². The summed E-state index contributed by atoms with van der Waals surface area (Å²) in [5.41, 5.74) is 2.25. The van der Waals surface area contributed by atoms with E-state index in [-0.39, 0.29) is 17.0 Å². The average Bonchev–Trinajstić information content (AvgIpc) is 3.02. The fraction of sp³-hybridized carbons (Fsp3) is 0.385. The minimum Gasteiger partial charge on any atom is -0.357 e. The number of rotatable bonds is 5. The van der Waals surface area contributed by atoms with E-state index in [1.54, 1.807) is 16.4 Å². The van der Waals surface area contributed by atoms with Gasteiger partial charge in [-0.1, -0.05) is 67.2 Å². The molecule has 0 bridgehead atoms. The van der Waals surface area contributed by atoms with Crippen molar-refractivity contribution in [3.8, 4) is 6.07 Å². The van der Waals surface area contributed by atoms with Crippen LogP contribution in [0.2, 0.25) is 0 Å². The number of anilines is 1. The number of amides is 1. The molecule has 0 atom stereocenters. The van der Waals surface area contributed by atoms with Crippen molar-refractivity contribution in [2.24, 2.45) is 0 Å². The summed E-state index contributed by atoms with van der Waals surface area (Å²) in [4.78, 5) is 30.9. The second kappa shape index (κ2) is 10.6. The van der Waals surface area contributed by atoms with Gasteiger partial charge in [-0.25, -0.2) is 0 Å². The summed E-state index contributed by atoms with van der Waals surface area (Å²) >= 11 is 6.82. The van der Waals surface area contributed by atoms with Crippen LogP contribution in [0.5, 0.6) is 0 Å². The van der Waals surface area contributed by atoms with Gasteiger partial charge in [0, 0.05) is 25.2 Å². The molecule has 0 aliphatic carbocycles. The van der Waals surface area contributed by atoms with Crippen LogP contribution in [0.4, 0.5) is 5.82 Å². The molecule has 4 rings (SSSR count). The second-order valence-electron chi connectivity index (χ2n) is 8.55. The first-order chi connectivity index (χ1) is 16.5. The van der Waals surface area contributed by atoms with Crippen LogP contribution < -0.4 is 10.5 Å². The molecule has 0 radical (unpaired) electrons. The smallest absolute Gasteiger partial charge is 0.270 e. The highest BCUT2D eigenvalue weighted by Gasteiger charge is 2.33. The van der Waals surface area contributed by atoms with Crippen molar-refractivity contribution in [3.63, 3.8) is 0 Å². The zero-order valence-corrected chi connectivity index (χ0v) is 21.2. The summed E-state index contributed by atoms with van der Waals surface area (Å²) in [5.74, 6) is 0.659. The van der Waals surface area contributed by atoms with Gasteiger partial charge in [-0.2, -0.15) is 5.26 Å². The van der Waals surface area contributed by atoms with Gasteiger partial charge < -0.3 is 4.90 Å². The van der Waals surface area contributed by atoms with Crippen molar-refractivity contribution < 1.29 is 4.79 Å². The number of pyridine rings is 1. The Bertz CT molecular complexity index is 1240. The molecule has 2 aliphatic heterocycles. The Morgan fingerprint density at radius 2 is 1.79 bits per heavy atom. The largest absolute Gasteiger partial charge is 0.357 e. The van der Waals surface area contributed by atoms with E-state index >= 15 is 0 Å². The average molecular weight is 493 g/mol. The number of hydrogen-bond donors (Lipinski definition) is 0. The Hall–Kier alpha value is -2.89. The molecule has 1 aromatic heterocycles. The standard InChI is InChI=1S/C26H28N4O2S2/c1-3-29-23(28-13-9-4-5-10-14-28)20(18(2)21(16-27)24(29)31)15-22-25(32)30(26(33)34-22)17-19-11-7-6-8-12-19/h6-8,11-12,15H,3-5,9-10,13-14,17H2,1-2H3/b22-15-. The molecule has 2 aliphatic rings. The molecule has 0 spiro atoms. The van der Waals surface area contributed by atoms with Gasteiger partial charge in [-0.05, 0) is 43.9 Å². The monoisotopic (exact) mass is 492 g/mol. The minimum absolute atomic E-state index is 0.131. The first-order valence-corrected chi connectivity index (χ1v) is 12.9. The van der Waals surface area contributed by atoms with Crippen LogP contribution in [0.3, 0.4) is 0 Å². The fourth-order valence-corrected chi connectivity index (χ4v) is 5.83. The third kappa shape index (κ3) is 4.68. The van der Waals surface area contributed by atoms with Crippen molar-refractivity contribution in [3.05, 3.63) is 67.8 Å². The molecule has 6 nitrogen and oxygen atoms in total. The highest BCUT2D eigenvalue weighted by molar-refractivity contribution is 8.26. The number of nitrogens with zero attached hydrogens (tertiary/aromatic N) is 4. The Morgan fingerprint density at radius 3 is 2.41 bits per heavy atom. The van der Waals surface area contributed by atoms with Crippen LogP contribution in [-0.4, -0.2) is 32.8 Å². The Kier molecular flexibility index (Phi) is 7.54. The van der Waals surface area contributed by atoms with Crippen molar-refractivity contribution >= 4 is 46.1 Å². The van der Waals surface area contributed by atoms with E-state index in [4.69, 9.17) is 12.2 Å². The Labute approximate surface area is 209 Å². The van der Waals surface area contributed by atoms with Gasteiger partial charge in [0.05, 0.1) is 11.4 Å². The zero-order valence-electron chi connectivity index (χ0n) is 19.5. The minimum atomic E-state index is -0.268. The molecule has 0 saturated carbocycles.